The van der Waals surface area contributed by atoms with Crippen molar-refractivity contribution in [3.05, 3.63) is 71.2 Å². The summed E-state index contributed by atoms with van der Waals surface area (Å²) in [5.74, 6) is -0.118. The van der Waals surface area contributed by atoms with Gasteiger partial charge in [-0.05, 0) is 48.0 Å². The molecule has 3 nitrogen and oxygen atoms in total. The van der Waals surface area contributed by atoms with Crippen LogP contribution < -0.4 is 5.32 Å². The second-order valence-corrected chi connectivity index (χ2v) is 6.67. The SMILES string of the molecule is Cc1nc2cc(C(=O)Nc3ccc4ccccc4c3)ccc2s1. The van der Waals surface area contributed by atoms with E-state index in [-0.39, 0.29) is 5.91 Å². The molecule has 112 valence electrons. The summed E-state index contributed by atoms with van der Waals surface area (Å²) in [6, 6.07) is 19.6. The largest absolute Gasteiger partial charge is 0.322 e. The first kappa shape index (κ1) is 13.9. The number of rotatable bonds is 2. The highest BCUT2D eigenvalue weighted by Crippen LogP contribution is 2.23. The molecular formula is C19H14N2OS. The highest BCUT2D eigenvalue weighted by Gasteiger charge is 2.09. The predicted octanol–water partition coefficient (Wildman–Crippen LogP) is 5.01. The van der Waals surface area contributed by atoms with E-state index >= 15 is 0 Å². The van der Waals surface area contributed by atoms with E-state index in [0.717, 1.165) is 31.7 Å². The van der Waals surface area contributed by atoms with Gasteiger partial charge in [0.25, 0.3) is 5.91 Å². The van der Waals surface area contributed by atoms with Crippen molar-refractivity contribution < 1.29 is 4.79 Å². The molecular weight excluding hydrogens is 304 g/mol. The lowest BCUT2D eigenvalue weighted by Gasteiger charge is -2.07. The third-order valence-corrected chi connectivity index (χ3v) is 4.72. The van der Waals surface area contributed by atoms with Crippen molar-refractivity contribution in [2.24, 2.45) is 0 Å². The van der Waals surface area contributed by atoms with E-state index in [4.69, 9.17) is 0 Å². The fourth-order valence-electron chi connectivity index (χ4n) is 2.65. The highest BCUT2D eigenvalue weighted by atomic mass is 32.1. The van der Waals surface area contributed by atoms with Crippen LogP contribution >= 0.6 is 11.3 Å². The third-order valence-electron chi connectivity index (χ3n) is 3.76. The van der Waals surface area contributed by atoms with Crippen molar-refractivity contribution in [3.63, 3.8) is 0 Å². The quantitative estimate of drug-likeness (QED) is 0.564. The molecule has 4 aromatic rings. The number of benzene rings is 3. The number of nitrogens with zero attached hydrogens (tertiary/aromatic N) is 1. The molecule has 0 spiro atoms. The first-order chi connectivity index (χ1) is 11.2. The van der Waals surface area contributed by atoms with E-state index in [0.29, 0.717) is 5.56 Å². The van der Waals surface area contributed by atoms with E-state index in [9.17, 15) is 4.79 Å². The Kier molecular flexibility index (Phi) is 3.32. The first-order valence-electron chi connectivity index (χ1n) is 7.36. The van der Waals surface area contributed by atoms with Gasteiger partial charge in [-0.1, -0.05) is 30.3 Å². The summed E-state index contributed by atoms with van der Waals surface area (Å²) in [7, 11) is 0. The van der Waals surface area contributed by atoms with Crippen LogP contribution in [0.25, 0.3) is 21.0 Å². The van der Waals surface area contributed by atoms with E-state index in [1.54, 1.807) is 11.3 Å². The zero-order valence-corrected chi connectivity index (χ0v) is 13.4. The molecule has 23 heavy (non-hydrogen) atoms. The Morgan fingerprint density at radius 3 is 2.70 bits per heavy atom. The molecule has 0 radical (unpaired) electrons. The number of nitrogens with one attached hydrogen (secondary N) is 1. The lowest BCUT2D eigenvalue weighted by molar-refractivity contribution is 0.102. The van der Waals surface area contributed by atoms with Crippen molar-refractivity contribution in [2.45, 2.75) is 6.92 Å². The Morgan fingerprint density at radius 1 is 1.00 bits per heavy atom. The van der Waals surface area contributed by atoms with Gasteiger partial charge in [0.2, 0.25) is 0 Å². The summed E-state index contributed by atoms with van der Waals surface area (Å²) in [6.45, 7) is 1.97. The maximum atomic E-state index is 12.5. The Morgan fingerprint density at radius 2 is 1.83 bits per heavy atom. The van der Waals surface area contributed by atoms with Gasteiger partial charge in [0.1, 0.15) is 0 Å². The Hall–Kier alpha value is -2.72. The Bertz CT molecular complexity index is 1040. The van der Waals surface area contributed by atoms with Crippen LogP contribution in [0.15, 0.2) is 60.7 Å². The molecule has 4 rings (SSSR count). The van der Waals surface area contributed by atoms with E-state index in [1.165, 1.54) is 0 Å². The van der Waals surface area contributed by atoms with Gasteiger partial charge in [-0.2, -0.15) is 0 Å². The fraction of sp³-hybridized carbons (Fsp3) is 0.0526. The second kappa shape index (κ2) is 5.48. The summed E-state index contributed by atoms with van der Waals surface area (Å²) in [6.07, 6.45) is 0. The van der Waals surface area contributed by atoms with Crippen molar-refractivity contribution in [1.82, 2.24) is 4.98 Å². The van der Waals surface area contributed by atoms with Gasteiger partial charge < -0.3 is 5.32 Å². The number of carbonyl (C=O) groups excluding carboxylic acids is 1. The van der Waals surface area contributed by atoms with Gasteiger partial charge in [-0.25, -0.2) is 4.98 Å². The summed E-state index contributed by atoms with van der Waals surface area (Å²) in [5.41, 5.74) is 2.29. The van der Waals surface area contributed by atoms with Gasteiger partial charge in [0, 0.05) is 11.3 Å². The van der Waals surface area contributed by atoms with Crippen LogP contribution in [-0.4, -0.2) is 10.9 Å². The number of aryl methyl sites for hydroxylation is 1. The number of carbonyl (C=O) groups is 1. The summed E-state index contributed by atoms with van der Waals surface area (Å²) < 4.78 is 1.10. The Labute approximate surface area is 137 Å². The van der Waals surface area contributed by atoms with Crippen molar-refractivity contribution >= 4 is 43.9 Å². The van der Waals surface area contributed by atoms with Crippen LogP contribution in [0, 0.1) is 6.92 Å². The zero-order chi connectivity index (χ0) is 15.8. The van der Waals surface area contributed by atoms with Crippen molar-refractivity contribution in [2.75, 3.05) is 5.32 Å². The minimum absolute atomic E-state index is 0.118. The van der Waals surface area contributed by atoms with E-state index in [1.807, 2.05) is 61.5 Å². The Balaban J connectivity index is 1.64. The molecule has 3 aromatic carbocycles. The highest BCUT2D eigenvalue weighted by molar-refractivity contribution is 7.18. The molecule has 0 fully saturated rings. The first-order valence-corrected chi connectivity index (χ1v) is 8.18. The monoisotopic (exact) mass is 318 g/mol. The van der Waals surface area contributed by atoms with Crippen LogP contribution in [0.4, 0.5) is 5.69 Å². The predicted molar refractivity (Wildman–Crippen MR) is 96.3 cm³/mol. The molecule has 1 heterocycles. The number of anilines is 1. The molecule has 1 N–H and O–H groups in total. The minimum atomic E-state index is -0.118. The fourth-order valence-corrected chi connectivity index (χ4v) is 3.46. The standard InChI is InChI=1S/C19H14N2OS/c1-12-20-17-11-15(7-9-18(17)23-12)19(22)21-16-8-6-13-4-2-3-5-14(13)10-16/h2-11H,1H3,(H,21,22). The molecule has 4 heteroatoms. The average Bonchev–Trinajstić information content (AvgIpc) is 2.93. The van der Waals surface area contributed by atoms with E-state index < -0.39 is 0 Å². The molecule has 1 aromatic heterocycles. The van der Waals surface area contributed by atoms with Crippen LogP contribution in [0.1, 0.15) is 15.4 Å². The number of hydrogen-bond acceptors (Lipinski definition) is 3. The average molecular weight is 318 g/mol. The second-order valence-electron chi connectivity index (χ2n) is 5.43. The summed E-state index contributed by atoms with van der Waals surface area (Å²) >= 11 is 1.64. The molecule has 1 amide bonds. The maximum Gasteiger partial charge on any atom is 0.255 e. The van der Waals surface area contributed by atoms with Gasteiger partial charge in [-0.3, -0.25) is 4.79 Å². The molecule has 0 saturated carbocycles. The lowest BCUT2D eigenvalue weighted by Crippen LogP contribution is -2.11. The zero-order valence-electron chi connectivity index (χ0n) is 12.5. The van der Waals surface area contributed by atoms with E-state index in [2.05, 4.69) is 16.4 Å². The normalized spacial score (nSPS) is 11.0. The van der Waals surface area contributed by atoms with Crippen LogP contribution in [-0.2, 0) is 0 Å². The van der Waals surface area contributed by atoms with Crippen molar-refractivity contribution in [1.29, 1.82) is 0 Å². The molecule has 0 unspecified atom stereocenters. The molecule has 0 saturated heterocycles. The number of aromatic nitrogens is 1. The smallest absolute Gasteiger partial charge is 0.255 e. The maximum absolute atomic E-state index is 12.5. The number of thiazole rings is 1. The van der Waals surface area contributed by atoms with Gasteiger partial charge in [0.05, 0.1) is 15.2 Å². The molecule has 0 bridgehead atoms. The molecule has 0 aliphatic rings. The van der Waals surface area contributed by atoms with Gasteiger partial charge >= 0.3 is 0 Å². The molecule has 0 atom stereocenters. The summed E-state index contributed by atoms with van der Waals surface area (Å²) in [4.78, 5) is 16.9. The number of fused-ring (bicyclic) bond motifs is 2. The molecule has 0 aliphatic heterocycles. The lowest BCUT2D eigenvalue weighted by atomic mass is 10.1. The van der Waals surface area contributed by atoms with Gasteiger partial charge in [0.15, 0.2) is 0 Å². The van der Waals surface area contributed by atoms with Gasteiger partial charge in [-0.15, -0.1) is 11.3 Å². The van der Waals surface area contributed by atoms with Crippen LogP contribution in [0.5, 0.6) is 0 Å². The summed E-state index contributed by atoms with van der Waals surface area (Å²) in [5, 5.41) is 6.23. The molecule has 0 aliphatic carbocycles. The topological polar surface area (TPSA) is 42.0 Å². The minimum Gasteiger partial charge on any atom is -0.322 e. The number of amides is 1. The van der Waals surface area contributed by atoms with Crippen LogP contribution in [0.3, 0.4) is 0 Å². The number of hydrogen-bond donors (Lipinski definition) is 1. The van der Waals surface area contributed by atoms with Crippen LogP contribution in [0.2, 0.25) is 0 Å². The third kappa shape index (κ3) is 2.69. The van der Waals surface area contributed by atoms with Crippen molar-refractivity contribution in [3.8, 4) is 0 Å².